The van der Waals surface area contributed by atoms with Crippen molar-refractivity contribution in [3.8, 4) is 5.69 Å². The zero-order chi connectivity index (χ0) is 18.8. The Morgan fingerprint density at radius 3 is 2.19 bits per heavy atom. The summed E-state index contributed by atoms with van der Waals surface area (Å²) in [5.74, 6) is 1.05. The van der Waals surface area contributed by atoms with Crippen molar-refractivity contribution in [1.29, 1.82) is 0 Å². The molecule has 0 bridgehead atoms. The Morgan fingerprint density at radius 2 is 1.52 bits per heavy atom. The molecule has 2 heterocycles. The maximum absolute atomic E-state index is 13.2. The normalized spacial score (nSPS) is 15.3. The van der Waals surface area contributed by atoms with Gasteiger partial charge in [-0.2, -0.15) is 0 Å². The third kappa shape index (κ3) is 4.06. The lowest BCUT2D eigenvalue weighted by atomic mass is 10.1. The lowest BCUT2D eigenvalue weighted by Crippen LogP contribution is -2.45. The van der Waals surface area contributed by atoms with Gasteiger partial charge in [0.15, 0.2) is 0 Å². The molecule has 0 saturated carbocycles. The van der Waals surface area contributed by atoms with E-state index in [4.69, 9.17) is 0 Å². The number of anilines is 1. The molecule has 4 rings (SSSR count). The van der Waals surface area contributed by atoms with Crippen LogP contribution in [0.15, 0.2) is 60.8 Å². The predicted molar refractivity (Wildman–Crippen MR) is 109 cm³/mol. The molecule has 1 saturated heterocycles. The van der Waals surface area contributed by atoms with E-state index < -0.39 is 0 Å². The number of piperazine rings is 1. The highest BCUT2D eigenvalue weighted by molar-refractivity contribution is 5.53. The van der Waals surface area contributed by atoms with Crippen molar-refractivity contribution >= 4 is 5.82 Å². The molecular formula is C23H26FN3. The fourth-order valence-corrected chi connectivity index (χ4v) is 3.63. The molecule has 0 aliphatic carbocycles. The van der Waals surface area contributed by atoms with Gasteiger partial charge in [0, 0.05) is 38.1 Å². The molecule has 0 atom stereocenters. The maximum atomic E-state index is 13.2. The minimum atomic E-state index is -0.186. The molecular weight excluding hydrogens is 337 g/mol. The van der Waals surface area contributed by atoms with Crippen molar-refractivity contribution in [2.45, 2.75) is 13.3 Å². The number of nitrogens with zero attached hydrogens (tertiary/aromatic N) is 3. The standard InChI is InChI=1S/C23H26FN3/c1-18-3-9-22(10-4-18)27-17-20(15-19-5-7-21(24)8-6-19)16-23(27)26-13-11-25(2)12-14-26/h3-10,16-17H,11-15H2,1-2H3. The predicted octanol–water partition coefficient (Wildman–Crippen LogP) is 4.27. The van der Waals surface area contributed by atoms with E-state index in [2.05, 4.69) is 64.9 Å². The third-order valence-corrected chi connectivity index (χ3v) is 5.32. The van der Waals surface area contributed by atoms with Crippen LogP contribution >= 0.6 is 0 Å². The van der Waals surface area contributed by atoms with E-state index >= 15 is 0 Å². The van der Waals surface area contributed by atoms with E-state index in [1.807, 2.05) is 12.1 Å². The minimum Gasteiger partial charge on any atom is -0.355 e. The maximum Gasteiger partial charge on any atom is 0.123 e. The first kappa shape index (κ1) is 17.8. The smallest absolute Gasteiger partial charge is 0.123 e. The second-order valence-corrected chi connectivity index (χ2v) is 7.51. The number of halogens is 1. The Hall–Kier alpha value is -2.59. The first-order valence-electron chi connectivity index (χ1n) is 9.55. The number of aromatic nitrogens is 1. The Kier molecular flexibility index (Phi) is 4.99. The van der Waals surface area contributed by atoms with Gasteiger partial charge in [0.25, 0.3) is 0 Å². The van der Waals surface area contributed by atoms with Crippen LogP contribution in [0.3, 0.4) is 0 Å². The monoisotopic (exact) mass is 363 g/mol. The number of hydrogen-bond acceptors (Lipinski definition) is 2. The van der Waals surface area contributed by atoms with Crippen LogP contribution in [-0.4, -0.2) is 42.7 Å². The average Bonchev–Trinajstić information content (AvgIpc) is 3.08. The van der Waals surface area contributed by atoms with Crippen molar-refractivity contribution < 1.29 is 4.39 Å². The number of benzene rings is 2. The molecule has 0 amide bonds. The Labute approximate surface area is 160 Å². The Balaban J connectivity index is 1.67. The number of likely N-dealkylation sites (N-methyl/N-ethyl adjacent to an activating group) is 1. The van der Waals surface area contributed by atoms with Gasteiger partial charge in [-0.3, -0.25) is 0 Å². The van der Waals surface area contributed by atoms with Crippen LogP contribution in [0.1, 0.15) is 16.7 Å². The molecule has 27 heavy (non-hydrogen) atoms. The van der Waals surface area contributed by atoms with Gasteiger partial charge in [-0.05, 0) is 61.9 Å². The number of rotatable bonds is 4. The second kappa shape index (κ2) is 7.57. The molecule has 0 N–H and O–H groups in total. The Morgan fingerprint density at radius 1 is 0.852 bits per heavy atom. The van der Waals surface area contributed by atoms with Gasteiger partial charge >= 0.3 is 0 Å². The van der Waals surface area contributed by atoms with Gasteiger partial charge in [-0.1, -0.05) is 29.8 Å². The summed E-state index contributed by atoms with van der Waals surface area (Å²) in [4.78, 5) is 4.84. The van der Waals surface area contributed by atoms with Gasteiger partial charge < -0.3 is 14.4 Å². The van der Waals surface area contributed by atoms with Gasteiger partial charge in [0.2, 0.25) is 0 Å². The quantitative estimate of drug-likeness (QED) is 0.686. The lowest BCUT2D eigenvalue weighted by molar-refractivity contribution is 0.311. The van der Waals surface area contributed by atoms with Crippen molar-refractivity contribution in [2.24, 2.45) is 0 Å². The number of aryl methyl sites for hydroxylation is 1. The topological polar surface area (TPSA) is 11.4 Å². The van der Waals surface area contributed by atoms with Gasteiger partial charge in [0.05, 0.1) is 0 Å². The summed E-state index contributed by atoms with van der Waals surface area (Å²) < 4.78 is 15.5. The summed E-state index contributed by atoms with van der Waals surface area (Å²) in [5.41, 5.74) is 4.82. The van der Waals surface area contributed by atoms with Crippen LogP contribution < -0.4 is 4.90 Å². The van der Waals surface area contributed by atoms with E-state index in [1.54, 1.807) is 0 Å². The number of hydrogen-bond donors (Lipinski definition) is 0. The fraction of sp³-hybridized carbons (Fsp3) is 0.304. The van der Waals surface area contributed by atoms with Crippen molar-refractivity contribution in [1.82, 2.24) is 9.47 Å². The summed E-state index contributed by atoms with van der Waals surface area (Å²) >= 11 is 0. The van der Waals surface area contributed by atoms with Crippen LogP contribution in [0.4, 0.5) is 10.2 Å². The highest BCUT2D eigenvalue weighted by Crippen LogP contribution is 2.26. The van der Waals surface area contributed by atoms with E-state index in [1.165, 1.54) is 34.8 Å². The molecule has 1 aliphatic heterocycles. The molecule has 1 aliphatic rings. The lowest BCUT2D eigenvalue weighted by Gasteiger charge is -2.34. The van der Waals surface area contributed by atoms with Crippen LogP contribution in [-0.2, 0) is 6.42 Å². The third-order valence-electron chi connectivity index (χ3n) is 5.32. The van der Waals surface area contributed by atoms with E-state index in [0.717, 1.165) is 38.2 Å². The van der Waals surface area contributed by atoms with Gasteiger partial charge in [-0.25, -0.2) is 4.39 Å². The van der Waals surface area contributed by atoms with Crippen molar-refractivity contribution in [3.05, 3.63) is 83.3 Å². The fourth-order valence-electron chi connectivity index (χ4n) is 3.63. The molecule has 0 unspecified atom stereocenters. The molecule has 0 spiro atoms. The summed E-state index contributed by atoms with van der Waals surface area (Å²) in [6.07, 6.45) is 3.03. The zero-order valence-corrected chi connectivity index (χ0v) is 16.0. The van der Waals surface area contributed by atoms with Gasteiger partial charge in [-0.15, -0.1) is 0 Å². The first-order valence-corrected chi connectivity index (χ1v) is 9.55. The highest BCUT2D eigenvalue weighted by Gasteiger charge is 2.19. The van der Waals surface area contributed by atoms with Crippen LogP contribution in [0.5, 0.6) is 0 Å². The van der Waals surface area contributed by atoms with Crippen LogP contribution in [0.25, 0.3) is 5.69 Å². The van der Waals surface area contributed by atoms with E-state index in [-0.39, 0.29) is 5.82 Å². The van der Waals surface area contributed by atoms with Crippen molar-refractivity contribution in [3.63, 3.8) is 0 Å². The summed E-state index contributed by atoms with van der Waals surface area (Å²) in [5, 5.41) is 0. The van der Waals surface area contributed by atoms with E-state index in [0.29, 0.717) is 0 Å². The minimum absolute atomic E-state index is 0.186. The average molecular weight is 363 g/mol. The largest absolute Gasteiger partial charge is 0.355 e. The zero-order valence-electron chi connectivity index (χ0n) is 16.0. The molecule has 3 nitrogen and oxygen atoms in total. The molecule has 4 heteroatoms. The molecule has 1 aromatic heterocycles. The SMILES string of the molecule is Cc1ccc(-n2cc(Cc3ccc(F)cc3)cc2N2CCN(C)CC2)cc1. The van der Waals surface area contributed by atoms with Crippen molar-refractivity contribution in [2.75, 3.05) is 38.1 Å². The summed E-state index contributed by atoms with van der Waals surface area (Å²) in [6, 6.07) is 17.8. The highest BCUT2D eigenvalue weighted by atomic mass is 19.1. The molecule has 2 aromatic carbocycles. The van der Waals surface area contributed by atoms with E-state index in [9.17, 15) is 4.39 Å². The second-order valence-electron chi connectivity index (χ2n) is 7.51. The van der Waals surface area contributed by atoms with Crippen LogP contribution in [0, 0.1) is 12.7 Å². The Bertz CT molecular complexity index is 888. The molecule has 0 radical (unpaired) electrons. The van der Waals surface area contributed by atoms with Crippen LogP contribution in [0.2, 0.25) is 0 Å². The summed E-state index contributed by atoms with van der Waals surface area (Å²) in [7, 11) is 2.18. The molecule has 3 aromatic rings. The molecule has 1 fully saturated rings. The first-order chi connectivity index (χ1) is 13.1. The summed E-state index contributed by atoms with van der Waals surface area (Å²) in [6.45, 7) is 6.32. The van der Waals surface area contributed by atoms with Gasteiger partial charge in [0.1, 0.15) is 11.6 Å². The molecule has 140 valence electrons.